The Bertz CT molecular complexity index is 634. The zero-order chi connectivity index (χ0) is 13.8. The number of rotatable bonds is 3. The highest BCUT2D eigenvalue weighted by atomic mass is 127. The van der Waals surface area contributed by atoms with Crippen molar-refractivity contribution in [2.24, 2.45) is 0 Å². The van der Waals surface area contributed by atoms with Gasteiger partial charge in [0.2, 0.25) is 0 Å². The van der Waals surface area contributed by atoms with Gasteiger partial charge in [0.25, 0.3) is 0 Å². The van der Waals surface area contributed by atoms with Crippen molar-refractivity contribution >= 4 is 39.9 Å². The van der Waals surface area contributed by atoms with Gasteiger partial charge >= 0.3 is 0 Å². The SMILES string of the molecule is CC(Nc1ccc(Cl)cc1I)c1cccc(C#N)c1. The fraction of sp³-hybridized carbons (Fsp3) is 0.133. The summed E-state index contributed by atoms with van der Waals surface area (Å²) in [5.74, 6) is 0. The Balaban J connectivity index is 2.20. The van der Waals surface area contributed by atoms with E-state index < -0.39 is 0 Å². The molecule has 2 rings (SSSR count). The Morgan fingerprint density at radius 1 is 1.26 bits per heavy atom. The smallest absolute Gasteiger partial charge is 0.0991 e. The van der Waals surface area contributed by atoms with Gasteiger partial charge in [0, 0.05) is 20.3 Å². The Morgan fingerprint density at radius 3 is 2.74 bits per heavy atom. The molecule has 2 aromatic carbocycles. The number of hydrogen-bond acceptors (Lipinski definition) is 2. The first-order chi connectivity index (χ1) is 9.10. The third-order valence-electron chi connectivity index (χ3n) is 2.82. The van der Waals surface area contributed by atoms with Gasteiger partial charge in [0.15, 0.2) is 0 Å². The quantitative estimate of drug-likeness (QED) is 0.759. The minimum atomic E-state index is 0.128. The first-order valence-corrected chi connectivity index (χ1v) is 7.27. The van der Waals surface area contributed by atoms with Gasteiger partial charge in [0.05, 0.1) is 11.6 Å². The highest BCUT2D eigenvalue weighted by Gasteiger charge is 2.08. The summed E-state index contributed by atoms with van der Waals surface area (Å²) in [7, 11) is 0. The van der Waals surface area contributed by atoms with Crippen molar-refractivity contribution in [2.45, 2.75) is 13.0 Å². The number of nitrogens with one attached hydrogen (secondary N) is 1. The average molecular weight is 383 g/mol. The average Bonchev–Trinajstić information content (AvgIpc) is 2.42. The highest BCUT2D eigenvalue weighted by molar-refractivity contribution is 14.1. The molecule has 2 aromatic rings. The summed E-state index contributed by atoms with van der Waals surface area (Å²) in [5.41, 5.74) is 2.81. The molecule has 1 N–H and O–H groups in total. The summed E-state index contributed by atoms with van der Waals surface area (Å²) in [6.07, 6.45) is 0. The van der Waals surface area contributed by atoms with E-state index in [1.807, 2.05) is 42.5 Å². The Labute approximate surface area is 131 Å². The van der Waals surface area contributed by atoms with Crippen LogP contribution in [0, 0.1) is 14.9 Å². The second kappa shape index (κ2) is 6.27. The minimum Gasteiger partial charge on any atom is -0.378 e. The van der Waals surface area contributed by atoms with E-state index in [4.69, 9.17) is 16.9 Å². The first-order valence-electron chi connectivity index (χ1n) is 5.82. The summed E-state index contributed by atoms with van der Waals surface area (Å²) in [4.78, 5) is 0. The molecular weight excluding hydrogens is 371 g/mol. The molecule has 4 heteroatoms. The Hall–Kier alpha value is -1.25. The zero-order valence-corrected chi connectivity index (χ0v) is 13.2. The Morgan fingerprint density at radius 2 is 2.05 bits per heavy atom. The van der Waals surface area contributed by atoms with E-state index >= 15 is 0 Å². The van der Waals surface area contributed by atoms with Crippen LogP contribution in [0.15, 0.2) is 42.5 Å². The number of nitrogens with zero attached hydrogens (tertiary/aromatic N) is 1. The molecule has 0 bridgehead atoms. The summed E-state index contributed by atoms with van der Waals surface area (Å²) in [5, 5.41) is 13.1. The van der Waals surface area contributed by atoms with Crippen molar-refractivity contribution in [2.75, 3.05) is 5.32 Å². The van der Waals surface area contributed by atoms with E-state index in [2.05, 4.69) is 40.9 Å². The molecule has 0 heterocycles. The van der Waals surface area contributed by atoms with Gasteiger partial charge in [-0.1, -0.05) is 23.7 Å². The molecule has 2 nitrogen and oxygen atoms in total. The van der Waals surface area contributed by atoms with Crippen LogP contribution in [0.5, 0.6) is 0 Å². The molecule has 0 aromatic heterocycles. The first kappa shape index (κ1) is 14.2. The van der Waals surface area contributed by atoms with Crippen molar-refractivity contribution < 1.29 is 0 Å². The van der Waals surface area contributed by atoms with Crippen LogP contribution in [0.25, 0.3) is 0 Å². The molecule has 19 heavy (non-hydrogen) atoms. The fourth-order valence-electron chi connectivity index (χ4n) is 1.80. The predicted molar refractivity (Wildman–Crippen MR) is 87.4 cm³/mol. The van der Waals surface area contributed by atoms with E-state index in [-0.39, 0.29) is 6.04 Å². The van der Waals surface area contributed by atoms with Crippen LogP contribution in [-0.4, -0.2) is 0 Å². The van der Waals surface area contributed by atoms with Crippen molar-refractivity contribution in [3.05, 3.63) is 62.2 Å². The molecule has 0 saturated heterocycles. The second-order valence-electron chi connectivity index (χ2n) is 4.23. The molecule has 0 spiro atoms. The normalized spacial score (nSPS) is 11.7. The summed E-state index contributed by atoms with van der Waals surface area (Å²) < 4.78 is 1.08. The van der Waals surface area contributed by atoms with E-state index in [1.54, 1.807) is 0 Å². The molecule has 1 atom stereocenters. The van der Waals surface area contributed by atoms with Gasteiger partial charge in [-0.2, -0.15) is 5.26 Å². The van der Waals surface area contributed by atoms with Crippen molar-refractivity contribution in [3.63, 3.8) is 0 Å². The van der Waals surface area contributed by atoms with Crippen molar-refractivity contribution in [1.82, 2.24) is 0 Å². The molecule has 0 amide bonds. The molecular formula is C15H12ClIN2. The van der Waals surface area contributed by atoms with E-state index in [9.17, 15) is 0 Å². The van der Waals surface area contributed by atoms with Crippen LogP contribution in [0.1, 0.15) is 24.1 Å². The van der Waals surface area contributed by atoms with Gasteiger partial charge in [-0.15, -0.1) is 0 Å². The molecule has 0 fully saturated rings. The highest BCUT2D eigenvalue weighted by Crippen LogP contribution is 2.26. The topological polar surface area (TPSA) is 35.8 Å². The lowest BCUT2D eigenvalue weighted by Gasteiger charge is -2.17. The van der Waals surface area contributed by atoms with Gasteiger partial charge in [-0.05, 0) is 65.4 Å². The van der Waals surface area contributed by atoms with Gasteiger partial charge < -0.3 is 5.32 Å². The van der Waals surface area contributed by atoms with E-state index in [0.29, 0.717) is 5.56 Å². The molecule has 1 unspecified atom stereocenters. The standard InChI is InChI=1S/C15H12ClIN2/c1-10(12-4-2-3-11(7-12)9-18)19-15-6-5-13(16)8-14(15)17/h2-8,10,19H,1H3. The second-order valence-corrected chi connectivity index (χ2v) is 5.83. The molecule has 0 aliphatic rings. The van der Waals surface area contributed by atoms with Crippen molar-refractivity contribution in [3.8, 4) is 6.07 Å². The lowest BCUT2D eigenvalue weighted by molar-refractivity contribution is 0.883. The predicted octanol–water partition coefficient (Wildman–Crippen LogP) is 4.99. The maximum atomic E-state index is 8.92. The van der Waals surface area contributed by atoms with Crippen LogP contribution in [0.3, 0.4) is 0 Å². The summed E-state index contributed by atoms with van der Waals surface area (Å²) in [6.45, 7) is 2.07. The lowest BCUT2D eigenvalue weighted by atomic mass is 10.1. The number of hydrogen-bond donors (Lipinski definition) is 1. The fourth-order valence-corrected chi connectivity index (χ4v) is 2.83. The molecule has 0 saturated carbocycles. The monoisotopic (exact) mass is 382 g/mol. The van der Waals surface area contributed by atoms with Crippen LogP contribution in [0.2, 0.25) is 5.02 Å². The third kappa shape index (κ3) is 3.62. The summed E-state index contributed by atoms with van der Waals surface area (Å²) in [6, 6.07) is 15.7. The van der Waals surface area contributed by atoms with Crippen molar-refractivity contribution in [1.29, 1.82) is 5.26 Å². The number of anilines is 1. The van der Waals surface area contributed by atoms with Crippen LogP contribution in [-0.2, 0) is 0 Å². The molecule has 0 aliphatic carbocycles. The van der Waals surface area contributed by atoms with Gasteiger partial charge in [-0.3, -0.25) is 0 Å². The maximum absolute atomic E-state index is 8.92. The minimum absolute atomic E-state index is 0.128. The summed E-state index contributed by atoms with van der Waals surface area (Å²) >= 11 is 8.19. The third-order valence-corrected chi connectivity index (χ3v) is 3.95. The van der Waals surface area contributed by atoms with Gasteiger partial charge in [0.1, 0.15) is 0 Å². The maximum Gasteiger partial charge on any atom is 0.0991 e. The van der Waals surface area contributed by atoms with E-state index in [1.165, 1.54) is 0 Å². The Kier molecular flexibility index (Phi) is 4.67. The number of benzene rings is 2. The van der Waals surface area contributed by atoms with E-state index in [0.717, 1.165) is 19.8 Å². The van der Waals surface area contributed by atoms with Gasteiger partial charge in [-0.25, -0.2) is 0 Å². The van der Waals surface area contributed by atoms with Crippen LogP contribution < -0.4 is 5.32 Å². The molecule has 0 aliphatic heterocycles. The number of halogens is 2. The lowest BCUT2D eigenvalue weighted by Crippen LogP contribution is -2.07. The zero-order valence-electron chi connectivity index (χ0n) is 10.3. The molecule has 0 radical (unpaired) electrons. The molecule has 96 valence electrons. The number of nitriles is 1. The largest absolute Gasteiger partial charge is 0.378 e. The van der Waals surface area contributed by atoms with Crippen LogP contribution in [0.4, 0.5) is 5.69 Å². The van der Waals surface area contributed by atoms with Crippen LogP contribution >= 0.6 is 34.2 Å².